The molecule has 0 saturated carbocycles. The van der Waals surface area contributed by atoms with Gasteiger partial charge in [0.25, 0.3) is 0 Å². The van der Waals surface area contributed by atoms with Crippen LogP contribution in [0.2, 0.25) is 0 Å². The van der Waals surface area contributed by atoms with E-state index < -0.39 is 0 Å². The molecule has 0 spiro atoms. The largest absolute Gasteiger partial charge is 0.0984 e. The summed E-state index contributed by atoms with van der Waals surface area (Å²) in [6.45, 7) is 8.50. The highest BCUT2D eigenvalue weighted by molar-refractivity contribution is 6.11. The highest BCUT2D eigenvalue weighted by atomic mass is 14.1. The zero-order valence-electron chi connectivity index (χ0n) is 11.5. The van der Waals surface area contributed by atoms with E-state index in [1.54, 1.807) is 0 Å². The van der Waals surface area contributed by atoms with Crippen LogP contribution in [0.1, 0.15) is 30.9 Å². The molecular weight excluding hydrogens is 228 g/mol. The number of hydrogen-bond donors (Lipinski definition) is 0. The van der Waals surface area contributed by atoms with Crippen LogP contribution in [0.5, 0.6) is 0 Å². The van der Waals surface area contributed by atoms with Gasteiger partial charge in [0.05, 0.1) is 0 Å². The molecule has 94 valence electrons. The molecule has 3 aromatic carbocycles. The van der Waals surface area contributed by atoms with Gasteiger partial charge in [-0.05, 0) is 38.6 Å². The molecule has 0 heterocycles. The molecule has 0 saturated heterocycles. The molecule has 0 amide bonds. The number of rotatable bonds is 2. The maximum Gasteiger partial charge on any atom is -0.00302 e. The maximum atomic E-state index is 4.03. The normalized spacial score (nSPS) is 11.3. The first-order valence-corrected chi connectivity index (χ1v) is 6.79. The molecule has 0 heteroatoms. The van der Waals surface area contributed by atoms with Crippen molar-refractivity contribution < 1.29 is 0 Å². The predicted octanol–water partition coefficient (Wildman–Crippen LogP) is 5.76. The number of fused-ring (bicyclic) bond motifs is 3. The van der Waals surface area contributed by atoms with Crippen LogP contribution < -0.4 is 0 Å². The summed E-state index contributed by atoms with van der Waals surface area (Å²) in [5.74, 6) is 0.511. The lowest BCUT2D eigenvalue weighted by Crippen LogP contribution is -1.93. The van der Waals surface area contributed by atoms with Crippen molar-refractivity contribution in [2.24, 2.45) is 0 Å². The standard InChI is InChI=1S/C19H18/c1-4-16-17(13(2)3)12-11-15-10-9-14-7-5-6-8-18(14)19(15)16/h4-13H,1H2,2-3H3. The van der Waals surface area contributed by atoms with E-state index in [9.17, 15) is 0 Å². The molecule has 3 rings (SSSR count). The smallest absolute Gasteiger partial charge is 0.00302 e. The number of hydrogen-bond acceptors (Lipinski definition) is 0. The first-order chi connectivity index (χ1) is 9.22. The third-order valence-corrected chi connectivity index (χ3v) is 3.81. The third-order valence-electron chi connectivity index (χ3n) is 3.81. The van der Waals surface area contributed by atoms with Gasteiger partial charge in [0, 0.05) is 0 Å². The molecule has 19 heavy (non-hydrogen) atoms. The van der Waals surface area contributed by atoms with E-state index in [0.717, 1.165) is 0 Å². The van der Waals surface area contributed by atoms with Gasteiger partial charge in [-0.25, -0.2) is 0 Å². The molecule has 0 bridgehead atoms. The average molecular weight is 246 g/mol. The zero-order valence-corrected chi connectivity index (χ0v) is 11.5. The highest BCUT2D eigenvalue weighted by Gasteiger charge is 2.10. The Morgan fingerprint density at radius 1 is 0.895 bits per heavy atom. The van der Waals surface area contributed by atoms with E-state index in [4.69, 9.17) is 0 Å². The topological polar surface area (TPSA) is 0 Å². The van der Waals surface area contributed by atoms with Gasteiger partial charge in [0.15, 0.2) is 0 Å². The fourth-order valence-electron chi connectivity index (χ4n) is 2.86. The van der Waals surface area contributed by atoms with E-state index in [-0.39, 0.29) is 0 Å². The lowest BCUT2D eigenvalue weighted by atomic mass is 9.90. The molecule has 0 aliphatic rings. The minimum atomic E-state index is 0.511. The van der Waals surface area contributed by atoms with E-state index >= 15 is 0 Å². The summed E-state index contributed by atoms with van der Waals surface area (Å²) in [5.41, 5.74) is 2.66. The van der Waals surface area contributed by atoms with Gasteiger partial charge >= 0.3 is 0 Å². The Bertz CT molecular complexity index is 763. The SMILES string of the molecule is C=Cc1c(C(C)C)ccc2ccc3ccccc3c12. The second-order valence-corrected chi connectivity index (χ2v) is 5.31. The lowest BCUT2D eigenvalue weighted by Gasteiger charge is -2.14. The van der Waals surface area contributed by atoms with Crippen molar-refractivity contribution in [3.63, 3.8) is 0 Å². The Labute approximate surface area is 114 Å². The summed E-state index contributed by atoms with van der Waals surface area (Å²) in [4.78, 5) is 0. The second-order valence-electron chi connectivity index (χ2n) is 5.31. The summed E-state index contributed by atoms with van der Waals surface area (Å²) in [6, 6.07) is 17.4. The van der Waals surface area contributed by atoms with Crippen LogP contribution >= 0.6 is 0 Å². The summed E-state index contributed by atoms with van der Waals surface area (Å²) in [5, 5.41) is 5.23. The Hall–Kier alpha value is -2.08. The minimum Gasteiger partial charge on any atom is -0.0984 e. The summed E-state index contributed by atoms with van der Waals surface area (Å²) >= 11 is 0. The van der Waals surface area contributed by atoms with Gasteiger partial charge in [-0.2, -0.15) is 0 Å². The van der Waals surface area contributed by atoms with Gasteiger partial charge in [0.2, 0.25) is 0 Å². The lowest BCUT2D eigenvalue weighted by molar-refractivity contribution is 0.866. The summed E-state index contributed by atoms with van der Waals surface area (Å²) < 4.78 is 0. The van der Waals surface area contributed by atoms with Crippen molar-refractivity contribution in [1.82, 2.24) is 0 Å². The fraction of sp³-hybridized carbons (Fsp3) is 0.158. The molecule has 0 aromatic heterocycles. The van der Waals surface area contributed by atoms with Crippen molar-refractivity contribution in [2.75, 3.05) is 0 Å². The Balaban J connectivity index is 2.55. The quantitative estimate of drug-likeness (QED) is 0.504. The summed E-state index contributed by atoms with van der Waals surface area (Å²) in [6.07, 6.45) is 2.00. The van der Waals surface area contributed by atoms with Crippen molar-refractivity contribution in [2.45, 2.75) is 19.8 Å². The van der Waals surface area contributed by atoms with E-state index in [1.807, 2.05) is 6.08 Å². The van der Waals surface area contributed by atoms with Gasteiger partial charge in [-0.3, -0.25) is 0 Å². The molecule has 0 unspecified atom stereocenters. The van der Waals surface area contributed by atoms with E-state index in [1.165, 1.54) is 32.7 Å². The van der Waals surface area contributed by atoms with Gasteiger partial charge in [0.1, 0.15) is 0 Å². The van der Waals surface area contributed by atoms with Crippen LogP contribution in [0.4, 0.5) is 0 Å². The Kier molecular flexibility index (Phi) is 2.87. The maximum absolute atomic E-state index is 4.03. The van der Waals surface area contributed by atoms with Crippen LogP contribution in [-0.4, -0.2) is 0 Å². The van der Waals surface area contributed by atoms with E-state index in [2.05, 4.69) is 69.0 Å². The third kappa shape index (κ3) is 1.84. The molecule has 0 radical (unpaired) electrons. The zero-order chi connectivity index (χ0) is 13.4. The van der Waals surface area contributed by atoms with Crippen LogP contribution in [0, 0.1) is 0 Å². The van der Waals surface area contributed by atoms with Crippen molar-refractivity contribution in [1.29, 1.82) is 0 Å². The molecular formula is C19H18. The van der Waals surface area contributed by atoms with Crippen molar-refractivity contribution in [3.8, 4) is 0 Å². The predicted molar refractivity (Wildman–Crippen MR) is 85.6 cm³/mol. The minimum absolute atomic E-state index is 0.511. The molecule has 0 aliphatic carbocycles. The molecule has 0 nitrogen and oxygen atoms in total. The molecule has 0 atom stereocenters. The number of benzene rings is 3. The molecule has 3 aromatic rings. The molecule has 0 aliphatic heterocycles. The van der Waals surface area contributed by atoms with Crippen LogP contribution in [0.25, 0.3) is 27.6 Å². The first kappa shape index (κ1) is 12.0. The van der Waals surface area contributed by atoms with Gasteiger partial charge in [-0.1, -0.05) is 75.0 Å². The fourth-order valence-corrected chi connectivity index (χ4v) is 2.86. The van der Waals surface area contributed by atoms with Crippen LogP contribution in [0.3, 0.4) is 0 Å². The monoisotopic (exact) mass is 246 g/mol. The average Bonchev–Trinajstić information content (AvgIpc) is 2.45. The van der Waals surface area contributed by atoms with Gasteiger partial charge in [-0.15, -0.1) is 0 Å². The summed E-state index contributed by atoms with van der Waals surface area (Å²) in [7, 11) is 0. The van der Waals surface area contributed by atoms with Crippen LogP contribution in [-0.2, 0) is 0 Å². The first-order valence-electron chi connectivity index (χ1n) is 6.79. The van der Waals surface area contributed by atoms with Gasteiger partial charge < -0.3 is 0 Å². The van der Waals surface area contributed by atoms with Crippen molar-refractivity contribution >= 4 is 27.6 Å². The highest BCUT2D eigenvalue weighted by Crippen LogP contribution is 2.33. The Morgan fingerprint density at radius 2 is 1.58 bits per heavy atom. The van der Waals surface area contributed by atoms with Crippen molar-refractivity contribution in [3.05, 3.63) is 66.2 Å². The molecule has 0 N–H and O–H groups in total. The van der Waals surface area contributed by atoms with Crippen LogP contribution in [0.15, 0.2) is 55.1 Å². The molecule has 0 fully saturated rings. The second kappa shape index (κ2) is 4.55. The Morgan fingerprint density at radius 3 is 2.32 bits per heavy atom. The van der Waals surface area contributed by atoms with E-state index in [0.29, 0.717) is 5.92 Å².